The van der Waals surface area contributed by atoms with Crippen molar-refractivity contribution in [2.75, 3.05) is 13.6 Å². The molecular weight excluding hydrogens is 426 g/mol. The predicted octanol–water partition coefficient (Wildman–Crippen LogP) is 6.00. The zero-order valence-electron chi connectivity index (χ0n) is 16.9. The van der Waals surface area contributed by atoms with Gasteiger partial charge in [0.05, 0.1) is 28.7 Å². The van der Waals surface area contributed by atoms with Crippen LogP contribution in [0.15, 0.2) is 41.4 Å². The van der Waals surface area contributed by atoms with E-state index >= 15 is 0 Å². The van der Waals surface area contributed by atoms with Crippen molar-refractivity contribution in [3.8, 4) is 0 Å². The molecule has 10 heteroatoms. The van der Waals surface area contributed by atoms with Crippen molar-refractivity contribution in [3.05, 3.63) is 64.2 Å². The molecule has 0 aliphatic heterocycles. The highest BCUT2D eigenvalue weighted by Crippen LogP contribution is 2.38. The van der Waals surface area contributed by atoms with Gasteiger partial charge in [0.25, 0.3) is 0 Å². The normalized spacial score (nSPS) is 12.3. The molecule has 4 nitrogen and oxygen atoms in total. The van der Waals surface area contributed by atoms with E-state index in [2.05, 4.69) is 4.99 Å². The Morgan fingerprint density at radius 1 is 1.06 bits per heavy atom. The largest absolute Gasteiger partial charge is 0.457 e. The predicted molar refractivity (Wildman–Crippen MR) is 103 cm³/mol. The molecule has 0 fully saturated rings. The Labute approximate surface area is 175 Å². The number of benzene rings is 2. The summed E-state index contributed by atoms with van der Waals surface area (Å²) in [6, 6.07) is 5.73. The summed E-state index contributed by atoms with van der Waals surface area (Å²) in [6.07, 6.45) is -8.00. The van der Waals surface area contributed by atoms with E-state index in [0.29, 0.717) is 12.6 Å². The summed E-state index contributed by atoms with van der Waals surface area (Å²) in [7, 11) is 1.65. The summed E-state index contributed by atoms with van der Waals surface area (Å²) in [6.45, 7) is 3.40. The van der Waals surface area contributed by atoms with Crippen LogP contribution in [0.4, 0.5) is 32.0 Å². The van der Waals surface area contributed by atoms with Gasteiger partial charge in [-0.1, -0.05) is 12.1 Å². The third-order valence-electron chi connectivity index (χ3n) is 4.41. The van der Waals surface area contributed by atoms with Gasteiger partial charge in [0.1, 0.15) is 6.61 Å². The van der Waals surface area contributed by atoms with E-state index in [9.17, 15) is 31.1 Å². The summed E-state index contributed by atoms with van der Waals surface area (Å²) in [4.78, 5) is 17.8. The monoisotopic (exact) mass is 446 g/mol. The smallest absolute Gasteiger partial charge is 0.418 e. The lowest BCUT2D eigenvalue weighted by Gasteiger charge is -2.15. The quantitative estimate of drug-likeness (QED) is 0.237. The third-order valence-corrected chi connectivity index (χ3v) is 4.41. The Morgan fingerprint density at radius 3 is 2.19 bits per heavy atom. The Balaban J connectivity index is 2.25. The minimum atomic E-state index is -4.76. The molecule has 0 atom stereocenters. The highest BCUT2D eigenvalue weighted by atomic mass is 19.4. The van der Waals surface area contributed by atoms with Gasteiger partial charge in [-0.15, -0.1) is 0 Å². The second-order valence-electron chi connectivity index (χ2n) is 6.77. The average Bonchev–Trinajstić information content (AvgIpc) is 2.68. The fourth-order valence-corrected chi connectivity index (χ4v) is 2.51. The number of carbonyl (C=O) groups is 1. The van der Waals surface area contributed by atoms with Crippen molar-refractivity contribution >= 4 is 18.0 Å². The summed E-state index contributed by atoms with van der Waals surface area (Å²) in [5.74, 6) is -1.02. The van der Waals surface area contributed by atoms with Crippen LogP contribution >= 0.6 is 0 Å². The topological polar surface area (TPSA) is 41.9 Å². The van der Waals surface area contributed by atoms with Crippen LogP contribution in [0, 0.1) is 6.92 Å². The van der Waals surface area contributed by atoms with E-state index in [-0.39, 0.29) is 29.0 Å². The second kappa shape index (κ2) is 9.40. The molecule has 0 N–H and O–H groups in total. The molecule has 168 valence electrons. The van der Waals surface area contributed by atoms with Gasteiger partial charge in [-0.2, -0.15) is 26.3 Å². The number of ether oxygens (including phenoxy) is 1. The molecule has 0 saturated carbocycles. The number of halogens is 6. The molecule has 2 aromatic carbocycles. The van der Waals surface area contributed by atoms with E-state index in [1.165, 1.54) is 13.3 Å². The summed E-state index contributed by atoms with van der Waals surface area (Å²) >= 11 is 0. The van der Waals surface area contributed by atoms with Gasteiger partial charge in [0, 0.05) is 13.6 Å². The fraction of sp³-hybridized carbons (Fsp3) is 0.333. The van der Waals surface area contributed by atoms with Crippen LogP contribution in [0.5, 0.6) is 0 Å². The van der Waals surface area contributed by atoms with Crippen molar-refractivity contribution < 1.29 is 35.9 Å². The lowest BCUT2D eigenvalue weighted by atomic mass is 10.0. The maximum atomic E-state index is 13.5. The number of hydrogen-bond donors (Lipinski definition) is 0. The van der Waals surface area contributed by atoms with Crippen LogP contribution in [0.2, 0.25) is 0 Å². The Morgan fingerprint density at radius 2 is 1.68 bits per heavy atom. The van der Waals surface area contributed by atoms with Crippen LogP contribution in [-0.4, -0.2) is 30.8 Å². The van der Waals surface area contributed by atoms with E-state index < -0.39 is 29.4 Å². The van der Waals surface area contributed by atoms with E-state index in [1.807, 2.05) is 0 Å². The Kier molecular flexibility index (Phi) is 7.35. The van der Waals surface area contributed by atoms with Gasteiger partial charge in [0.15, 0.2) is 0 Å². The molecule has 0 spiro atoms. The number of nitrogens with zero attached hydrogens (tertiary/aromatic N) is 2. The zero-order chi connectivity index (χ0) is 23.4. The van der Waals surface area contributed by atoms with Crippen molar-refractivity contribution in [3.63, 3.8) is 0 Å². The maximum absolute atomic E-state index is 13.5. The van der Waals surface area contributed by atoms with Crippen molar-refractivity contribution in [2.45, 2.75) is 32.8 Å². The van der Waals surface area contributed by atoms with Crippen molar-refractivity contribution in [1.82, 2.24) is 4.90 Å². The van der Waals surface area contributed by atoms with Gasteiger partial charge >= 0.3 is 18.3 Å². The number of alkyl halides is 6. The highest BCUT2D eigenvalue weighted by molar-refractivity contribution is 5.92. The first kappa shape index (κ1) is 24.2. The molecule has 0 bridgehead atoms. The summed E-state index contributed by atoms with van der Waals surface area (Å²) in [5, 5.41) is 0. The number of carbonyl (C=O) groups excluding carboxylic acids is 1. The van der Waals surface area contributed by atoms with Crippen molar-refractivity contribution in [1.29, 1.82) is 0 Å². The molecule has 0 aliphatic rings. The van der Waals surface area contributed by atoms with Crippen LogP contribution in [-0.2, 0) is 23.7 Å². The molecule has 2 rings (SSSR count). The molecule has 0 aromatic heterocycles. The molecule has 0 unspecified atom stereocenters. The van der Waals surface area contributed by atoms with Gasteiger partial charge < -0.3 is 9.64 Å². The van der Waals surface area contributed by atoms with E-state index in [0.717, 1.165) is 30.3 Å². The number of aliphatic imine (C=N–C) groups is 1. The van der Waals surface area contributed by atoms with Crippen LogP contribution in [0.3, 0.4) is 0 Å². The lowest BCUT2D eigenvalue weighted by Crippen LogP contribution is -2.15. The summed E-state index contributed by atoms with van der Waals surface area (Å²) in [5.41, 5.74) is -2.12. The molecule has 0 heterocycles. The Hall–Kier alpha value is -3.04. The highest BCUT2D eigenvalue weighted by Gasteiger charge is 2.35. The molecule has 2 aromatic rings. The van der Waals surface area contributed by atoms with Gasteiger partial charge in [-0.3, -0.25) is 0 Å². The zero-order valence-corrected chi connectivity index (χ0v) is 16.9. The number of hydrogen-bond acceptors (Lipinski definition) is 3. The maximum Gasteiger partial charge on any atom is 0.418 e. The first-order chi connectivity index (χ1) is 14.3. The first-order valence-electron chi connectivity index (χ1n) is 9.12. The molecule has 0 radical (unpaired) electrons. The van der Waals surface area contributed by atoms with Crippen LogP contribution in [0.1, 0.15) is 39.5 Å². The third kappa shape index (κ3) is 6.47. The minimum Gasteiger partial charge on any atom is -0.457 e. The minimum absolute atomic E-state index is 0.219. The first-order valence-corrected chi connectivity index (χ1v) is 9.12. The van der Waals surface area contributed by atoms with Gasteiger partial charge in [0.2, 0.25) is 0 Å². The van der Waals surface area contributed by atoms with Gasteiger partial charge in [-0.05, 0) is 49.2 Å². The fourth-order valence-electron chi connectivity index (χ4n) is 2.51. The van der Waals surface area contributed by atoms with Crippen LogP contribution in [0.25, 0.3) is 0 Å². The van der Waals surface area contributed by atoms with E-state index in [4.69, 9.17) is 4.74 Å². The molecular formula is C21H20F6N2O2. The number of rotatable bonds is 6. The van der Waals surface area contributed by atoms with E-state index in [1.54, 1.807) is 18.9 Å². The number of aryl methyl sites for hydroxylation is 1. The Bertz CT molecular complexity index is 950. The number of esters is 1. The molecule has 31 heavy (non-hydrogen) atoms. The van der Waals surface area contributed by atoms with Crippen molar-refractivity contribution in [2.24, 2.45) is 4.99 Å². The second-order valence-corrected chi connectivity index (χ2v) is 6.77. The summed E-state index contributed by atoms with van der Waals surface area (Å²) < 4.78 is 83.2. The lowest BCUT2D eigenvalue weighted by molar-refractivity contribution is -0.138. The van der Waals surface area contributed by atoms with Gasteiger partial charge in [-0.25, -0.2) is 9.79 Å². The molecule has 0 aliphatic carbocycles. The molecule has 0 saturated heterocycles. The molecule has 0 amide bonds. The van der Waals surface area contributed by atoms with Crippen LogP contribution < -0.4 is 0 Å². The standard InChI is InChI=1S/C21H20F6N2O2/c1-4-29(3)12-28-18-9-13(2)16(10-17(18)21(25,26)27)19(30)31-11-14-5-7-15(8-6-14)20(22,23)24/h5-10,12H,4,11H2,1-3H3/b28-12+. The SMILES string of the molecule is CCN(C)/C=N/c1cc(C)c(C(=O)OCc2ccc(C(F)(F)F)cc2)cc1C(F)(F)F. The average molecular weight is 446 g/mol.